The number of imide groups is 1. The van der Waals surface area contributed by atoms with E-state index in [0.717, 1.165) is 11.1 Å². The maximum atomic E-state index is 13.5. The fourth-order valence-corrected chi connectivity index (χ4v) is 4.71. The third-order valence-electron chi connectivity index (χ3n) is 6.05. The van der Waals surface area contributed by atoms with E-state index in [1.165, 1.54) is 4.90 Å². The van der Waals surface area contributed by atoms with Crippen molar-refractivity contribution >= 4 is 11.8 Å². The van der Waals surface area contributed by atoms with Gasteiger partial charge in [0.25, 0.3) is 0 Å². The van der Waals surface area contributed by atoms with Crippen molar-refractivity contribution in [2.24, 2.45) is 11.8 Å². The van der Waals surface area contributed by atoms with Crippen molar-refractivity contribution in [3.8, 4) is 0 Å². The van der Waals surface area contributed by atoms with Crippen LogP contribution in [0.15, 0.2) is 95.6 Å². The summed E-state index contributed by atoms with van der Waals surface area (Å²) in [5.41, 5.74) is 2.12. The fourth-order valence-electron chi connectivity index (χ4n) is 4.71. The molecule has 0 saturated carbocycles. The zero-order valence-electron chi connectivity index (χ0n) is 15.8. The first-order valence-electron chi connectivity index (χ1n) is 9.90. The Bertz CT molecular complexity index is 973. The largest absolute Gasteiger partial charge is 0.467 e. The maximum absolute atomic E-state index is 13.5. The van der Waals surface area contributed by atoms with Crippen molar-refractivity contribution in [3.05, 3.63) is 108 Å². The number of hydrogen-bond acceptors (Lipinski definition) is 3. The molecular weight excluding hydrogens is 362 g/mol. The number of nitrogens with zero attached hydrogens (tertiary/aromatic N) is 1. The smallest absolute Gasteiger partial charge is 0.234 e. The van der Waals surface area contributed by atoms with Crippen LogP contribution in [0.5, 0.6) is 0 Å². The molecule has 1 fully saturated rings. The van der Waals surface area contributed by atoms with E-state index in [1.54, 1.807) is 18.4 Å². The number of carbonyl (C=O) groups is 2. The van der Waals surface area contributed by atoms with Gasteiger partial charge in [0.05, 0.1) is 24.6 Å². The second-order valence-corrected chi connectivity index (χ2v) is 7.65. The van der Waals surface area contributed by atoms with Crippen LogP contribution in [0.2, 0.25) is 0 Å². The van der Waals surface area contributed by atoms with E-state index < -0.39 is 11.8 Å². The lowest BCUT2D eigenvalue weighted by Crippen LogP contribution is -2.31. The molecule has 4 nitrogen and oxygen atoms in total. The number of furan rings is 1. The summed E-state index contributed by atoms with van der Waals surface area (Å²) >= 11 is 0. The standard InChI is InChI=1S/C25H21NO3/c27-24-22-20(17-8-3-1-4-9-17)13-14-21(18-10-5-2-6-11-18)23(22)25(28)26(24)16-19-12-7-15-29-19/h1-15,20-23H,16H2/t20-,21-,22+,23+/m1/s1. The first kappa shape index (κ1) is 17.7. The lowest BCUT2D eigenvalue weighted by atomic mass is 9.68. The van der Waals surface area contributed by atoms with Crippen LogP contribution in [0, 0.1) is 11.8 Å². The Hall–Kier alpha value is -3.40. The average molecular weight is 383 g/mol. The molecule has 0 N–H and O–H groups in total. The third-order valence-corrected chi connectivity index (χ3v) is 6.05. The van der Waals surface area contributed by atoms with Gasteiger partial charge in [-0.25, -0.2) is 0 Å². The second kappa shape index (κ2) is 7.21. The minimum Gasteiger partial charge on any atom is -0.467 e. The van der Waals surface area contributed by atoms with Gasteiger partial charge < -0.3 is 4.42 Å². The van der Waals surface area contributed by atoms with Crippen LogP contribution in [0.1, 0.15) is 28.7 Å². The second-order valence-electron chi connectivity index (χ2n) is 7.65. The fraction of sp³-hybridized carbons (Fsp3) is 0.200. The molecule has 0 unspecified atom stereocenters. The summed E-state index contributed by atoms with van der Waals surface area (Å²) in [7, 11) is 0. The van der Waals surface area contributed by atoms with Gasteiger partial charge in [0, 0.05) is 11.8 Å². The third kappa shape index (κ3) is 3.01. The molecule has 29 heavy (non-hydrogen) atoms. The van der Waals surface area contributed by atoms with Crippen LogP contribution in [0.3, 0.4) is 0 Å². The lowest BCUT2D eigenvalue weighted by Gasteiger charge is -2.32. The van der Waals surface area contributed by atoms with E-state index in [1.807, 2.05) is 60.7 Å². The predicted octanol–water partition coefficient (Wildman–Crippen LogP) is 4.52. The quantitative estimate of drug-likeness (QED) is 0.492. The van der Waals surface area contributed by atoms with Crippen LogP contribution in [0.4, 0.5) is 0 Å². The molecule has 4 heteroatoms. The Labute approximate surface area is 169 Å². The number of amides is 2. The highest BCUT2D eigenvalue weighted by molar-refractivity contribution is 6.06. The van der Waals surface area contributed by atoms with Crippen molar-refractivity contribution in [3.63, 3.8) is 0 Å². The van der Waals surface area contributed by atoms with Crippen molar-refractivity contribution in [1.82, 2.24) is 4.90 Å². The molecule has 0 radical (unpaired) electrons. The van der Waals surface area contributed by atoms with E-state index in [4.69, 9.17) is 4.42 Å². The van der Waals surface area contributed by atoms with Gasteiger partial charge in [-0.1, -0.05) is 72.8 Å². The van der Waals surface area contributed by atoms with Gasteiger partial charge >= 0.3 is 0 Å². The average Bonchev–Trinajstić information content (AvgIpc) is 3.38. The maximum Gasteiger partial charge on any atom is 0.234 e. The Morgan fingerprint density at radius 3 is 1.66 bits per heavy atom. The highest BCUT2D eigenvalue weighted by Crippen LogP contribution is 2.49. The molecule has 0 spiro atoms. The number of hydrogen-bond donors (Lipinski definition) is 0. The zero-order valence-corrected chi connectivity index (χ0v) is 15.8. The molecule has 2 heterocycles. The molecule has 4 atom stereocenters. The Kier molecular flexibility index (Phi) is 4.39. The Morgan fingerprint density at radius 1 is 0.690 bits per heavy atom. The van der Waals surface area contributed by atoms with Crippen LogP contribution in [-0.4, -0.2) is 16.7 Å². The van der Waals surface area contributed by atoms with E-state index >= 15 is 0 Å². The SMILES string of the molecule is O=C1[C@@H]2[C@@H](C(=O)N1Cc1ccco1)[C@@H](c1ccccc1)C=C[C@@H]2c1ccccc1. The predicted molar refractivity (Wildman–Crippen MR) is 109 cm³/mol. The molecule has 144 valence electrons. The van der Waals surface area contributed by atoms with Gasteiger partial charge in [-0.15, -0.1) is 0 Å². The van der Waals surface area contributed by atoms with Gasteiger partial charge in [-0.3, -0.25) is 14.5 Å². The number of likely N-dealkylation sites (tertiary alicyclic amines) is 1. The number of allylic oxidation sites excluding steroid dienone is 2. The molecule has 2 aromatic carbocycles. The summed E-state index contributed by atoms with van der Waals surface area (Å²) in [5, 5.41) is 0. The van der Waals surface area contributed by atoms with E-state index in [-0.39, 0.29) is 30.2 Å². The highest BCUT2D eigenvalue weighted by Gasteiger charge is 2.55. The summed E-state index contributed by atoms with van der Waals surface area (Å²) in [6, 6.07) is 23.5. The molecule has 3 aromatic rings. The van der Waals surface area contributed by atoms with E-state index in [0.29, 0.717) is 5.76 Å². The molecule has 1 aliphatic heterocycles. The molecule has 1 aliphatic carbocycles. The van der Waals surface area contributed by atoms with Crippen LogP contribution in [-0.2, 0) is 16.1 Å². The summed E-state index contributed by atoms with van der Waals surface area (Å²) in [6.45, 7) is 0.181. The van der Waals surface area contributed by atoms with Gasteiger partial charge in [-0.2, -0.15) is 0 Å². The Balaban J connectivity index is 1.57. The monoisotopic (exact) mass is 383 g/mol. The minimum atomic E-state index is -0.407. The highest BCUT2D eigenvalue weighted by atomic mass is 16.3. The van der Waals surface area contributed by atoms with Crippen molar-refractivity contribution < 1.29 is 14.0 Å². The number of rotatable bonds is 4. The van der Waals surface area contributed by atoms with Gasteiger partial charge in [0.15, 0.2) is 0 Å². The minimum absolute atomic E-state index is 0.112. The summed E-state index contributed by atoms with van der Waals surface area (Å²) in [5.74, 6) is -0.652. The zero-order chi connectivity index (χ0) is 19.8. The van der Waals surface area contributed by atoms with Crippen molar-refractivity contribution in [2.75, 3.05) is 0 Å². The normalized spacial score (nSPS) is 26.0. The summed E-state index contributed by atoms with van der Waals surface area (Å²) in [6.07, 6.45) is 5.78. The van der Waals surface area contributed by atoms with Crippen LogP contribution in [0.25, 0.3) is 0 Å². The van der Waals surface area contributed by atoms with Crippen molar-refractivity contribution in [1.29, 1.82) is 0 Å². The molecule has 2 amide bonds. The topological polar surface area (TPSA) is 50.5 Å². The molecule has 2 aliphatic rings. The van der Waals surface area contributed by atoms with E-state index in [9.17, 15) is 9.59 Å². The summed E-state index contributed by atoms with van der Waals surface area (Å²) < 4.78 is 5.41. The molecular formula is C25H21NO3. The first-order valence-corrected chi connectivity index (χ1v) is 9.90. The number of carbonyl (C=O) groups excluding carboxylic acids is 2. The number of benzene rings is 2. The molecule has 1 saturated heterocycles. The van der Waals surface area contributed by atoms with Gasteiger partial charge in [-0.05, 0) is 23.3 Å². The number of fused-ring (bicyclic) bond motifs is 1. The molecule has 1 aromatic heterocycles. The van der Waals surface area contributed by atoms with Crippen molar-refractivity contribution in [2.45, 2.75) is 18.4 Å². The summed E-state index contributed by atoms with van der Waals surface area (Å²) in [4.78, 5) is 28.3. The Morgan fingerprint density at radius 2 is 1.21 bits per heavy atom. The van der Waals surface area contributed by atoms with Gasteiger partial charge in [0.1, 0.15) is 5.76 Å². The first-order chi connectivity index (χ1) is 14.2. The molecule has 5 rings (SSSR count). The van der Waals surface area contributed by atoms with E-state index in [2.05, 4.69) is 12.2 Å². The van der Waals surface area contributed by atoms with Crippen LogP contribution >= 0.6 is 0 Å². The van der Waals surface area contributed by atoms with Gasteiger partial charge in [0.2, 0.25) is 11.8 Å². The van der Waals surface area contributed by atoms with Crippen LogP contribution < -0.4 is 0 Å². The molecule has 0 bridgehead atoms. The lowest BCUT2D eigenvalue weighted by molar-refractivity contribution is -0.141.